The second-order valence-corrected chi connectivity index (χ2v) is 14.6. The van der Waals surface area contributed by atoms with Crippen LogP contribution in [0.2, 0.25) is 0 Å². The third-order valence-corrected chi connectivity index (χ3v) is 11.3. The van der Waals surface area contributed by atoms with Gasteiger partial charge in [0, 0.05) is 33.5 Å². The average Bonchev–Trinajstić information content (AvgIpc) is 3.62. The number of anilines is 3. The van der Waals surface area contributed by atoms with Crippen molar-refractivity contribution in [2.24, 2.45) is 0 Å². The van der Waals surface area contributed by atoms with Crippen molar-refractivity contribution >= 4 is 60.4 Å². The molecule has 11 rings (SSSR count). The van der Waals surface area contributed by atoms with Gasteiger partial charge >= 0.3 is 0 Å². The fraction of sp³-hybridized carbons (Fsp3) is 0. The van der Waals surface area contributed by atoms with Crippen LogP contribution in [0.1, 0.15) is 0 Å². The van der Waals surface area contributed by atoms with Gasteiger partial charge in [-0.25, -0.2) is 0 Å². The molecule has 10 aromatic carbocycles. The smallest absolute Gasteiger partial charge is 0.0547 e. The predicted octanol–water partition coefficient (Wildman–Crippen LogP) is 15.0. The van der Waals surface area contributed by atoms with E-state index in [1.165, 1.54) is 76.7 Å². The Balaban J connectivity index is 0.979. The molecule has 0 fully saturated rings. The number of hydrogen-bond donors (Lipinski definition) is 0. The average molecular weight is 713 g/mol. The molecule has 0 unspecified atom stereocenters. The zero-order chi connectivity index (χ0) is 37.0. The van der Waals surface area contributed by atoms with E-state index in [1.54, 1.807) is 0 Å². The van der Waals surface area contributed by atoms with Gasteiger partial charge in [-0.2, -0.15) is 0 Å². The van der Waals surface area contributed by atoms with E-state index in [4.69, 9.17) is 0 Å². The molecule has 2 nitrogen and oxygen atoms in total. The standard InChI is InChI=1S/C54H36N2/c1-2-10-37(11-3-1)38-24-30-45(31-25-38)55(47-34-28-41(29-35-47)50-19-7-13-40-12-4-5-18-49(40)50)46-32-26-39(27-33-46)44-16-6-17-48(36-44)56-51-20-8-14-42-22-23-43-15-9-21-52(56)54(43)53(42)51/h1-36H. The first kappa shape index (κ1) is 32.0. The molecule has 1 heterocycles. The number of hydrogen-bond acceptors (Lipinski definition) is 1. The number of rotatable bonds is 7. The highest BCUT2D eigenvalue weighted by Crippen LogP contribution is 2.41. The van der Waals surface area contributed by atoms with Crippen LogP contribution in [0.4, 0.5) is 17.1 Å². The lowest BCUT2D eigenvalue weighted by molar-refractivity contribution is 1.18. The van der Waals surface area contributed by atoms with Crippen LogP contribution in [-0.2, 0) is 0 Å². The first-order valence-electron chi connectivity index (χ1n) is 19.3. The lowest BCUT2D eigenvalue weighted by Gasteiger charge is -2.26. The fourth-order valence-corrected chi connectivity index (χ4v) is 8.67. The maximum atomic E-state index is 2.42. The fourth-order valence-electron chi connectivity index (χ4n) is 8.67. The summed E-state index contributed by atoms with van der Waals surface area (Å²) in [5, 5.41) is 7.73. The van der Waals surface area contributed by atoms with E-state index >= 15 is 0 Å². The predicted molar refractivity (Wildman–Crippen MR) is 238 cm³/mol. The molecule has 0 aliphatic carbocycles. The topological polar surface area (TPSA) is 8.17 Å². The Labute approximate surface area is 326 Å². The Morgan fingerprint density at radius 1 is 0.304 bits per heavy atom. The van der Waals surface area contributed by atoms with Crippen molar-refractivity contribution in [2.75, 3.05) is 4.90 Å². The number of fused-ring (bicyclic) bond motifs is 1. The first-order valence-corrected chi connectivity index (χ1v) is 19.3. The molecular formula is C54H36N2. The lowest BCUT2D eigenvalue weighted by atomic mass is 9.98. The summed E-state index contributed by atoms with van der Waals surface area (Å²) < 4.78 is 2.42. The zero-order valence-corrected chi connectivity index (χ0v) is 30.7. The van der Waals surface area contributed by atoms with Crippen molar-refractivity contribution in [2.45, 2.75) is 0 Å². The van der Waals surface area contributed by atoms with Crippen LogP contribution in [0.25, 0.3) is 82.4 Å². The maximum absolute atomic E-state index is 2.42. The summed E-state index contributed by atoms with van der Waals surface area (Å²) in [4.78, 5) is 2.35. The Morgan fingerprint density at radius 2 is 0.768 bits per heavy atom. The molecule has 0 saturated carbocycles. The summed E-state index contributed by atoms with van der Waals surface area (Å²) in [6, 6.07) is 79.3. The molecule has 0 atom stereocenters. The van der Waals surface area contributed by atoms with Gasteiger partial charge in [0.05, 0.1) is 11.0 Å². The van der Waals surface area contributed by atoms with Gasteiger partial charge in [0.15, 0.2) is 0 Å². The third kappa shape index (κ3) is 5.34. The largest absolute Gasteiger partial charge is 0.311 e. The van der Waals surface area contributed by atoms with Gasteiger partial charge in [0.2, 0.25) is 0 Å². The van der Waals surface area contributed by atoms with E-state index in [2.05, 4.69) is 228 Å². The highest BCUT2D eigenvalue weighted by molar-refractivity contribution is 6.24. The van der Waals surface area contributed by atoms with Gasteiger partial charge < -0.3 is 9.47 Å². The lowest BCUT2D eigenvalue weighted by Crippen LogP contribution is -2.09. The summed E-state index contributed by atoms with van der Waals surface area (Å²) in [7, 11) is 0. The van der Waals surface area contributed by atoms with Crippen LogP contribution >= 0.6 is 0 Å². The molecule has 0 N–H and O–H groups in total. The minimum absolute atomic E-state index is 1.10. The minimum Gasteiger partial charge on any atom is -0.311 e. The molecule has 2 heteroatoms. The van der Waals surface area contributed by atoms with Crippen LogP contribution in [0, 0.1) is 0 Å². The number of nitrogens with zero attached hydrogens (tertiary/aromatic N) is 2. The summed E-state index contributed by atoms with van der Waals surface area (Å²) in [6.07, 6.45) is 0. The Bertz CT molecular complexity index is 3080. The summed E-state index contributed by atoms with van der Waals surface area (Å²) >= 11 is 0. The molecule has 0 amide bonds. The Morgan fingerprint density at radius 3 is 1.41 bits per heavy atom. The highest BCUT2D eigenvalue weighted by Gasteiger charge is 2.18. The molecule has 0 aliphatic rings. The molecular weight excluding hydrogens is 677 g/mol. The van der Waals surface area contributed by atoms with Gasteiger partial charge in [-0.3, -0.25) is 0 Å². The summed E-state index contributed by atoms with van der Waals surface area (Å²) in [5.41, 5.74) is 14.2. The van der Waals surface area contributed by atoms with Gasteiger partial charge in [-0.15, -0.1) is 0 Å². The SMILES string of the molecule is c1ccc(-c2ccc(N(c3ccc(-c4cccc(-n5c6cccc7ccc8cccc5c8c76)c4)cc3)c3ccc(-c4cccc5ccccc45)cc3)cc2)cc1. The van der Waals surface area contributed by atoms with Crippen LogP contribution in [0.3, 0.4) is 0 Å². The Kier molecular flexibility index (Phi) is 7.53. The van der Waals surface area contributed by atoms with Gasteiger partial charge in [0.1, 0.15) is 0 Å². The molecule has 0 spiro atoms. The zero-order valence-electron chi connectivity index (χ0n) is 30.7. The monoisotopic (exact) mass is 712 g/mol. The highest BCUT2D eigenvalue weighted by atomic mass is 15.1. The molecule has 262 valence electrons. The van der Waals surface area contributed by atoms with E-state index in [1.807, 2.05) is 0 Å². The quantitative estimate of drug-likeness (QED) is 0.149. The van der Waals surface area contributed by atoms with Crippen LogP contribution < -0.4 is 4.90 Å². The minimum atomic E-state index is 1.10. The Hall–Kier alpha value is -7.42. The van der Waals surface area contributed by atoms with E-state index in [-0.39, 0.29) is 0 Å². The first-order chi connectivity index (χ1) is 27.8. The van der Waals surface area contributed by atoms with E-state index in [0.29, 0.717) is 0 Å². The van der Waals surface area contributed by atoms with Crippen molar-refractivity contribution in [3.63, 3.8) is 0 Å². The van der Waals surface area contributed by atoms with E-state index < -0.39 is 0 Å². The molecule has 0 radical (unpaired) electrons. The van der Waals surface area contributed by atoms with Crippen LogP contribution in [0.5, 0.6) is 0 Å². The van der Waals surface area contributed by atoms with Gasteiger partial charge in [-0.1, -0.05) is 158 Å². The van der Waals surface area contributed by atoms with Crippen LogP contribution in [-0.4, -0.2) is 4.57 Å². The second-order valence-electron chi connectivity index (χ2n) is 14.6. The molecule has 1 aromatic heterocycles. The second kappa shape index (κ2) is 13.2. The van der Waals surface area contributed by atoms with Crippen molar-refractivity contribution in [1.29, 1.82) is 0 Å². The summed E-state index contributed by atoms with van der Waals surface area (Å²) in [5.74, 6) is 0. The number of aromatic nitrogens is 1. The van der Waals surface area contributed by atoms with Crippen molar-refractivity contribution in [1.82, 2.24) is 4.57 Å². The normalized spacial score (nSPS) is 11.6. The van der Waals surface area contributed by atoms with Gasteiger partial charge in [0.25, 0.3) is 0 Å². The molecule has 0 bridgehead atoms. The van der Waals surface area contributed by atoms with Crippen molar-refractivity contribution in [3.8, 4) is 39.1 Å². The summed E-state index contributed by atoms with van der Waals surface area (Å²) in [6.45, 7) is 0. The van der Waals surface area contributed by atoms with Crippen LogP contribution in [0.15, 0.2) is 218 Å². The van der Waals surface area contributed by atoms with Crippen molar-refractivity contribution in [3.05, 3.63) is 218 Å². The molecule has 0 aliphatic heterocycles. The molecule has 56 heavy (non-hydrogen) atoms. The van der Waals surface area contributed by atoms with E-state index in [9.17, 15) is 0 Å². The van der Waals surface area contributed by atoms with Crippen molar-refractivity contribution < 1.29 is 0 Å². The molecule has 11 aromatic rings. The molecule has 0 saturated heterocycles. The third-order valence-electron chi connectivity index (χ3n) is 11.3. The maximum Gasteiger partial charge on any atom is 0.0547 e. The van der Waals surface area contributed by atoms with Gasteiger partial charge in [-0.05, 0) is 116 Å². The van der Waals surface area contributed by atoms with E-state index in [0.717, 1.165) is 22.7 Å². The number of benzene rings is 10.